The molecule has 0 aliphatic carbocycles. The normalized spacial score (nSPS) is 10.8. The highest BCUT2D eigenvalue weighted by atomic mass is 35.5. The summed E-state index contributed by atoms with van der Waals surface area (Å²) in [5.74, 6) is 0.208. The number of fused-ring (bicyclic) bond motifs is 1. The molecule has 1 heterocycles. The molecule has 0 saturated carbocycles. The van der Waals surface area contributed by atoms with E-state index in [1.165, 1.54) is 12.1 Å². The molecule has 0 bridgehead atoms. The molecule has 0 unspecified atom stereocenters. The Hall–Kier alpha value is -2.66. The van der Waals surface area contributed by atoms with Gasteiger partial charge < -0.3 is 9.64 Å². The zero-order chi connectivity index (χ0) is 19.4. The van der Waals surface area contributed by atoms with Gasteiger partial charge in [-0.1, -0.05) is 17.7 Å². The number of amides is 1. The molecule has 0 radical (unpaired) electrons. The van der Waals surface area contributed by atoms with Gasteiger partial charge in [0.05, 0.1) is 17.7 Å². The van der Waals surface area contributed by atoms with Crippen LogP contribution in [-0.4, -0.2) is 36.0 Å². The van der Waals surface area contributed by atoms with Gasteiger partial charge in [0, 0.05) is 35.8 Å². The second kappa shape index (κ2) is 8.35. The largest absolute Gasteiger partial charge is 0.493 e. The summed E-state index contributed by atoms with van der Waals surface area (Å²) in [5, 5.41) is 1.27. The van der Waals surface area contributed by atoms with Crippen molar-refractivity contribution in [3.05, 3.63) is 70.6 Å². The van der Waals surface area contributed by atoms with E-state index in [9.17, 15) is 9.18 Å². The maximum Gasteiger partial charge on any atom is 0.254 e. The van der Waals surface area contributed by atoms with Crippen molar-refractivity contribution in [3.63, 3.8) is 0 Å². The first-order valence-electron chi connectivity index (χ1n) is 8.65. The Morgan fingerprint density at radius 3 is 2.81 bits per heavy atom. The highest BCUT2D eigenvalue weighted by Gasteiger charge is 2.16. The summed E-state index contributed by atoms with van der Waals surface area (Å²) in [6, 6.07) is 13.2. The molecule has 2 aromatic carbocycles. The Kier molecular flexibility index (Phi) is 5.91. The number of benzene rings is 2. The van der Waals surface area contributed by atoms with E-state index in [1.807, 2.05) is 12.1 Å². The van der Waals surface area contributed by atoms with Crippen molar-refractivity contribution < 1.29 is 13.9 Å². The van der Waals surface area contributed by atoms with Crippen LogP contribution in [0.3, 0.4) is 0 Å². The zero-order valence-corrected chi connectivity index (χ0v) is 16.0. The van der Waals surface area contributed by atoms with Crippen LogP contribution < -0.4 is 4.74 Å². The van der Waals surface area contributed by atoms with Gasteiger partial charge in [-0.3, -0.25) is 9.78 Å². The topological polar surface area (TPSA) is 42.4 Å². The number of hydrogen-bond donors (Lipinski definition) is 0. The van der Waals surface area contributed by atoms with Gasteiger partial charge in [-0.15, -0.1) is 0 Å². The number of aryl methyl sites for hydroxylation is 1. The second-order valence-corrected chi connectivity index (χ2v) is 6.80. The van der Waals surface area contributed by atoms with Crippen molar-refractivity contribution in [2.45, 2.75) is 13.3 Å². The number of rotatable bonds is 6. The summed E-state index contributed by atoms with van der Waals surface area (Å²) >= 11 is 5.93. The molecule has 0 N–H and O–H groups in total. The predicted octanol–water partition coefficient (Wildman–Crippen LogP) is 4.88. The van der Waals surface area contributed by atoms with Crippen molar-refractivity contribution in [2.24, 2.45) is 0 Å². The van der Waals surface area contributed by atoms with Gasteiger partial charge in [0.1, 0.15) is 11.6 Å². The summed E-state index contributed by atoms with van der Waals surface area (Å²) in [5.41, 5.74) is 1.68. The van der Waals surface area contributed by atoms with Gasteiger partial charge >= 0.3 is 0 Å². The first-order valence-corrected chi connectivity index (χ1v) is 9.02. The summed E-state index contributed by atoms with van der Waals surface area (Å²) in [7, 11) is 1.74. The molecule has 27 heavy (non-hydrogen) atoms. The maximum absolute atomic E-state index is 13.5. The smallest absolute Gasteiger partial charge is 0.254 e. The van der Waals surface area contributed by atoms with E-state index >= 15 is 0 Å². The minimum Gasteiger partial charge on any atom is -0.493 e. The summed E-state index contributed by atoms with van der Waals surface area (Å²) < 4.78 is 19.1. The molecule has 0 fully saturated rings. The van der Waals surface area contributed by atoms with E-state index in [1.54, 1.807) is 43.1 Å². The first kappa shape index (κ1) is 19.1. The quantitative estimate of drug-likeness (QED) is 0.567. The second-order valence-electron chi connectivity index (χ2n) is 6.36. The zero-order valence-electron chi connectivity index (χ0n) is 15.2. The molecule has 0 atom stereocenters. The number of nitrogens with zero attached hydrogens (tertiary/aromatic N) is 2. The van der Waals surface area contributed by atoms with Crippen LogP contribution in [0, 0.1) is 12.7 Å². The Balaban J connectivity index is 1.64. The molecule has 1 amide bonds. The van der Waals surface area contributed by atoms with E-state index in [-0.39, 0.29) is 11.7 Å². The van der Waals surface area contributed by atoms with E-state index in [2.05, 4.69) is 4.98 Å². The SMILES string of the molecule is Cc1cc(C(=O)N(C)CCCOc2cccc(Cl)c2)c2ccc(F)cc2n1. The lowest BCUT2D eigenvalue weighted by Crippen LogP contribution is -2.29. The molecular formula is C21H20ClFN2O2. The average molecular weight is 387 g/mol. The molecule has 3 aromatic rings. The van der Waals surface area contributed by atoms with Crippen molar-refractivity contribution in [1.82, 2.24) is 9.88 Å². The van der Waals surface area contributed by atoms with Crippen LogP contribution in [0.2, 0.25) is 5.02 Å². The van der Waals surface area contributed by atoms with E-state index in [0.29, 0.717) is 52.5 Å². The van der Waals surface area contributed by atoms with Gasteiger partial charge in [0.15, 0.2) is 0 Å². The number of carbonyl (C=O) groups is 1. The van der Waals surface area contributed by atoms with Gasteiger partial charge in [-0.2, -0.15) is 0 Å². The Labute approximate surface area is 162 Å². The van der Waals surface area contributed by atoms with Crippen LogP contribution in [-0.2, 0) is 0 Å². The fraction of sp³-hybridized carbons (Fsp3) is 0.238. The molecule has 1 aromatic heterocycles. The number of hydrogen-bond acceptors (Lipinski definition) is 3. The lowest BCUT2D eigenvalue weighted by molar-refractivity contribution is 0.0789. The lowest BCUT2D eigenvalue weighted by Gasteiger charge is -2.19. The van der Waals surface area contributed by atoms with Crippen molar-refractivity contribution in [2.75, 3.05) is 20.2 Å². The monoisotopic (exact) mass is 386 g/mol. The Morgan fingerprint density at radius 1 is 1.22 bits per heavy atom. The third kappa shape index (κ3) is 4.74. The highest BCUT2D eigenvalue weighted by molar-refractivity contribution is 6.30. The van der Waals surface area contributed by atoms with Crippen LogP contribution in [0.15, 0.2) is 48.5 Å². The molecule has 3 rings (SSSR count). The fourth-order valence-corrected chi connectivity index (χ4v) is 3.05. The number of carbonyl (C=O) groups excluding carboxylic acids is 1. The molecule has 0 aliphatic rings. The summed E-state index contributed by atoms with van der Waals surface area (Å²) in [4.78, 5) is 18.8. The molecule has 140 valence electrons. The molecule has 0 saturated heterocycles. The molecule has 4 nitrogen and oxygen atoms in total. The maximum atomic E-state index is 13.5. The van der Waals surface area contributed by atoms with Crippen LogP contribution in [0.25, 0.3) is 10.9 Å². The van der Waals surface area contributed by atoms with E-state index in [4.69, 9.17) is 16.3 Å². The van der Waals surface area contributed by atoms with Gasteiger partial charge in [0.2, 0.25) is 0 Å². The number of pyridine rings is 1. The molecule has 0 aliphatic heterocycles. The van der Waals surface area contributed by atoms with Crippen LogP contribution in [0.4, 0.5) is 4.39 Å². The van der Waals surface area contributed by atoms with Crippen molar-refractivity contribution in [3.8, 4) is 5.75 Å². The van der Waals surface area contributed by atoms with Crippen molar-refractivity contribution in [1.29, 1.82) is 0 Å². The Bertz CT molecular complexity index is 972. The fourth-order valence-electron chi connectivity index (χ4n) is 2.87. The third-order valence-electron chi connectivity index (χ3n) is 4.18. The Morgan fingerprint density at radius 2 is 2.04 bits per heavy atom. The summed E-state index contributed by atoms with van der Waals surface area (Å²) in [6.07, 6.45) is 0.672. The number of aromatic nitrogens is 1. The van der Waals surface area contributed by atoms with Crippen LogP contribution >= 0.6 is 11.6 Å². The minimum absolute atomic E-state index is 0.125. The standard InChI is InChI=1S/C21H20ClFN2O2/c1-14-11-19(18-8-7-16(23)13-20(18)24-14)21(26)25(2)9-4-10-27-17-6-3-5-15(22)12-17/h3,5-8,11-13H,4,9-10H2,1-2H3. The molecular weight excluding hydrogens is 367 g/mol. The van der Waals surface area contributed by atoms with E-state index in [0.717, 1.165) is 0 Å². The number of halogens is 2. The predicted molar refractivity (Wildman–Crippen MR) is 105 cm³/mol. The van der Waals surface area contributed by atoms with Crippen LogP contribution in [0.5, 0.6) is 5.75 Å². The average Bonchev–Trinajstić information content (AvgIpc) is 2.63. The van der Waals surface area contributed by atoms with Crippen molar-refractivity contribution >= 4 is 28.4 Å². The first-order chi connectivity index (χ1) is 12.9. The summed E-state index contributed by atoms with van der Waals surface area (Å²) in [6.45, 7) is 2.79. The lowest BCUT2D eigenvalue weighted by atomic mass is 10.1. The third-order valence-corrected chi connectivity index (χ3v) is 4.41. The van der Waals surface area contributed by atoms with Gasteiger partial charge in [-0.05, 0) is 49.7 Å². The van der Waals surface area contributed by atoms with E-state index < -0.39 is 0 Å². The van der Waals surface area contributed by atoms with Crippen LogP contribution in [0.1, 0.15) is 22.5 Å². The molecule has 6 heteroatoms. The highest BCUT2D eigenvalue weighted by Crippen LogP contribution is 2.21. The van der Waals surface area contributed by atoms with Gasteiger partial charge in [0.25, 0.3) is 5.91 Å². The minimum atomic E-state index is -0.370. The number of ether oxygens (including phenoxy) is 1. The van der Waals surface area contributed by atoms with Gasteiger partial charge in [-0.25, -0.2) is 4.39 Å². The molecule has 0 spiro atoms.